The number of hydrogen-bond acceptors (Lipinski definition) is 3. The van der Waals surface area contributed by atoms with Gasteiger partial charge in [0.1, 0.15) is 0 Å². The van der Waals surface area contributed by atoms with Crippen LogP contribution in [0, 0.1) is 5.92 Å². The lowest BCUT2D eigenvalue weighted by molar-refractivity contribution is -0.151. The van der Waals surface area contributed by atoms with E-state index in [1.165, 1.54) is 0 Å². The predicted octanol–water partition coefficient (Wildman–Crippen LogP) is 1.70. The Balaban J connectivity index is 2.03. The zero-order valence-corrected chi connectivity index (χ0v) is 9.15. The van der Waals surface area contributed by atoms with Gasteiger partial charge in [-0.15, -0.1) is 0 Å². The summed E-state index contributed by atoms with van der Waals surface area (Å²) in [5.74, 6) is -1.07. The summed E-state index contributed by atoms with van der Waals surface area (Å²) in [7, 11) is 0. The van der Waals surface area contributed by atoms with Gasteiger partial charge in [-0.05, 0) is 31.4 Å². The number of rotatable bonds is 3. The van der Waals surface area contributed by atoms with Crippen molar-refractivity contribution in [1.29, 1.82) is 0 Å². The van der Waals surface area contributed by atoms with Crippen molar-refractivity contribution in [3.63, 3.8) is 0 Å². The van der Waals surface area contributed by atoms with Gasteiger partial charge in [0.25, 0.3) is 0 Å². The van der Waals surface area contributed by atoms with Gasteiger partial charge in [0.2, 0.25) is 6.17 Å². The molecule has 0 aromatic carbocycles. The number of fused-ring (bicyclic) bond motifs is 1. The minimum atomic E-state index is -1.53. The molecule has 1 aliphatic rings. The molecule has 0 saturated heterocycles. The van der Waals surface area contributed by atoms with Gasteiger partial charge < -0.3 is 4.74 Å². The van der Waals surface area contributed by atoms with Crippen LogP contribution in [0.25, 0.3) is 0 Å². The minimum absolute atomic E-state index is 0.219. The summed E-state index contributed by atoms with van der Waals surface area (Å²) in [6.45, 7) is 1.90. The summed E-state index contributed by atoms with van der Waals surface area (Å²) in [6.07, 6.45) is 1.26. The fourth-order valence-corrected chi connectivity index (χ4v) is 2.07. The predicted molar refractivity (Wildman–Crippen MR) is 56.7 cm³/mol. The van der Waals surface area contributed by atoms with Crippen LogP contribution in [-0.4, -0.2) is 23.7 Å². The van der Waals surface area contributed by atoms with E-state index in [-0.39, 0.29) is 12.5 Å². The van der Waals surface area contributed by atoms with E-state index >= 15 is 0 Å². The van der Waals surface area contributed by atoms with Crippen molar-refractivity contribution >= 4 is 5.97 Å². The lowest BCUT2D eigenvalue weighted by Crippen LogP contribution is -2.28. The third-order valence-corrected chi connectivity index (χ3v) is 2.85. The Labute approximate surface area is 93.6 Å². The summed E-state index contributed by atoms with van der Waals surface area (Å²) < 4.78 is 18.4. The van der Waals surface area contributed by atoms with Gasteiger partial charge in [0, 0.05) is 17.8 Å². The number of carbonyl (C=O) groups is 1. The van der Waals surface area contributed by atoms with E-state index < -0.39 is 12.1 Å². The Hall–Kier alpha value is -1.45. The molecule has 0 radical (unpaired) electrons. The first-order valence-corrected chi connectivity index (χ1v) is 5.46. The van der Waals surface area contributed by atoms with Crippen molar-refractivity contribution < 1.29 is 13.9 Å². The quantitative estimate of drug-likeness (QED) is 0.732. The van der Waals surface area contributed by atoms with Gasteiger partial charge in [-0.25, -0.2) is 9.18 Å². The molecule has 0 saturated carbocycles. The van der Waals surface area contributed by atoms with Gasteiger partial charge in [-0.2, -0.15) is 0 Å². The maximum absolute atomic E-state index is 13.8. The van der Waals surface area contributed by atoms with Crippen molar-refractivity contribution in [2.45, 2.75) is 25.9 Å². The molecule has 2 unspecified atom stereocenters. The van der Waals surface area contributed by atoms with Crippen LogP contribution in [0.2, 0.25) is 0 Å². The van der Waals surface area contributed by atoms with Crippen LogP contribution in [0.3, 0.4) is 0 Å². The molecule has 1 aromatic heterocycles. The van der Waals surface area contributed by atoms with Crippen LogP contribution in [0.5, 0.6) is 0 Å². The van der Waals surface area contributed by atoms with E-state index in [4.69, 9.17) is 0 Å². The van der Waals surface area contributed by atoms with E-state index in [1.807, 2.05) is 12.1 Å². The molecule has 0 N–H and O–H groups in total. The molecule has 0 bridgehead atoms. The Morgan fingerprint density at radius 1 is 1.69 bits per heavy atom. The average molecular weight is 223 g/mol. The lowest BCUT2D eigenvalue weighted by Gasteiger charge is -2.13. The van der Waals surface area contributed by atoms with Crippen LogP contribution >= 0.6 is 0 Å². The van der Waals surface area contributed by atoms with Crippen LogP contribution < -0.4 is 0 Å². The largest absolute Gasteiger partial charge is 0.464 e. The molecule has 0 spiro atoms. The molecule has 2 rings (SSSR count). The third-order valence-electron chi connectivity index (χ3n) is 2.85. The number of halogens is 1. The molecule has 0 aliphatic heterocycles. The highest BCUT2D eigenvalue weighted by atomic mass is 19.1. The van der Waals surface area contributed by atoms with Crippen molar-refractivity contribution in [3.8, 4) is 0 Å². The number of pyridine rings is 1. The second-order valence-corrected chi connectivity index (χ2v) is 3.93. The normalized spacial score (nSPS) is 20.2. The number of alkyl halides is 1. The van der Waals surface area contributed by atoms with Crippen LogP contribution in [0.15, 0.2) is 18.3 Å². The second-order valence-electron chi connectivity index (χ2n) is 3.93. The van der Waals surface area contributed by atoms with E-state index in [1.54, 1.807) is 13.1 Å². The number of hydrogen-bond donors (Lipinski definition) is 0. The molecule has 0 fully saturated rings. The average Bonchev–Trinajstić information content (AvgIpc) is 2.71. The molecule has 1 heterocycles. The number of ether oxygens (including phenoxy) is 1. The third kappa shape index (κ3) is 2.05. The second kappa shape index (κ2) is 4.60. The molecule has 3 nitrogen and oxygen atoms in total. The maximum atomic E-state index is 13.8. The fraction of sp³-hybridized carbons (Fsp3) is 0.500. The van der Waals surface area contributed by atoms with Gasteiger partial charge in [-0.1, -0.05) is 6.07 Å². The molecule has 16 heavy (non-hydrogen) atoms. The van der Waals surface area contributed by atoms with Crippen molar-refractivity contribution in [2.75, 3.05) is 6.61 Å². The standard InChI is InChI=1S/C12H14FNO2/c1-2-16-12(15)11(13)9-6-8-4-3-5-14-10(8)7-9/h3-5,9,11H,2,6-7H2,1H3. The Bertz CT molecular complexity index is 369. The maximum Gasteiger partial charge on any atom is 0.341 e. The summed E-state index contributed by atoms with van der Waals surface area (Å²) in [5.41, 5.74) is 1.94. The summed E-state index contributed by atoms with van der Waals surface area (Å²) in [4.78, 5) is 15.4. The zero-order chi connectivity index (χ0) is 11.5. The van der Waals surface area contributed by atoms with Crippen LogP contribution in [-0.2, 0) is 22.4 Å². The summed E-state index contributed by atoms with van der Waals surface area (Å²) in [6, 6.07) is 3.76. The van der Waals surface area contributed by atoms with Gasteiger partial charge in [0.05, 0.1) is 6.61 Å². The van der Waals surface area contributed by atoms with Crippen LogP contribution in [0.4, 0.5) is 4.39 Å². The van der Waals surface area contributed by atoms with Gasteiger partial charge in [0.15, 0.2) is 0 Å². The number of nitrogens with zero attached hydrogens (tertiary/aromatic N) is 1. The monoisotopic (exact) mass is 223 g/mol. The Morgan fingerprint density at radius 2 is 2.50 bits per heavy atom. The molecule has 1 aromatic rings. The summed E-state index contributed by atoms with van der Waals surface area (Å²) >= 11 is 0. The van der Waals surface area contributed by atoms with E-state index in [2.05, 4.69) is 9.72 Å². The highest BCUT2D eigenvalue weighted by molar-refractivity contribution is 5.75. The topological polar surface area (TPSA) is 39.2 Å². The minimum Gasteiger partial charge on any atom is -0.464 e. The first-order valence-electron chi connectivity index (χ1n) is 5.46. The fourth-order valence-electron chi connectivity index (χ4n) is 2.07. The molecule has 2 atom stereocenters. The van der Waals surface area contributed by atoms with Crippen molar-refractivity contribution in [1.82, 2.24) is 4.98 Å². The Morgan fingerprint density at radius 3 is 3.19 bits per heavy atom. The highest BCUT2D eigenvalue weighted by Crippen LogP contribution is 2.28. The molecule has 0 amide bonds. The first-order chi connectivity index (χ1) is 7.72. The van der Waals surface area contributed by atoms with Gasteiger partial charge in [-0.3, -0.25) is 4.98 Å². The SMILES string of the molecule is CCOC(=O)C(F)C1Cc2cccnc2C1. The molecule has 4 heteroatoms. The van der Waals surface area contributed by atoms with E-state index in [0.717, 1.165) is 11.3 Å². The first kappa shape index (κ1) is 11.0. The molecule has 1 aliphatic carbocycles. The molecule has 86 valence electrons. The molecular weight excluding hydrogens is 209 g/mol. The summed E-state index contributed by atoms with van der Waals surface area (Å²) in [5, 5.41) is 0. The van der Waals surface area contributed by atoms with E-state index in [0.29, 0.717) is 12.8 Å². The van der Waals surface area contributed by atoms with E-state index in [9.17, 15) is 9.18 Å². The Kier molecular flexibility index (Phi) is 3.17. The smallest absolute Gasteiger partial charge is 0.341 e. The van der Waals surface area contributed by atoms with Crippen LogP contribution in [0.1, 0.15) is 18.2 Å². The lowest BCUT2D eigenvalue weighted by atomic mass is 10.0. The molecular formula is C12H14FNO2. The number of aromatic nitrogens is 1. The zero-order valence-electron chi connectivity index (χ0n) is 9.15. The highest BCUT2D eigenvalue weighted by Gasteiger charge is 2.34. The number of esters is 1. The number of carbonyl (C=O) groups excluding carboxylic acids is 1. The van der Waals surface area contributed by atoms with Gasteiger partial charge >= 0.3 is 5.97 Å². The van der Waals surface area contributed by atoms with Crippen molar-refractivity contribution in [3.05, 3.63) is 29.6 Å². The van der Waals surface area contributed by atoms with Crippen molar-refractivity contribution in [2.24, 2.45) is 5.92 Å².